The van der Waals surface area contributed by atoms with E-state index < -0.39 is 0 Å². The van der Waals surface area contributed by atoms with Crippen molar-refractivity contribution in [3.63, 3.8) is 0 Å². The van der Waals surface area contributed by atoms with Crippen LogP contribution in [0.2, 0.25) is 0 Å². The SMILES string of the molecule is CC(C)(C)C1=C=C(C(C)(C)C)C#Cc2cccc(n2)C#CC(C(C)(C)C)=C=C(C(C)(C)C)C#CC#C1. The fourth-order valence-corrected chi connectivity index (χ4v) is 2.89. The minimum absolute atomic E-state index is 0.204. The molecule has 1 aliphatic heterocycles. The average molecular weight is 474 g/mol. The third-order valence-electron chi connectivity index (χ3n) is 5.32. The molecule has 0 saturated heterocycles. The van der Waals surface area contributed by atoms with E-state index in [4.69, 9.17) is 4.98 Å². The summed E-state index contributed by atoms with van der Waals surface area (Å²) in [4.78, 5) is 4.69. The monoisotopic (exact) mass is 473 g/mol. The van der Waals surface area contributed by atoms with Crippen LogP contribution in [-0.4, -0.2) is 4.98 Å². The summed E-state index contributed by atoms with van der Waals surface area (Å²) in [6.45, 7) is 25.6. The van der Waals surface area contributed by atoms with Gasteiger partial charge in [0.15, 0.2) is 0 Å². The summed E-state index contributed by atoms with van der Waals surface area (Å²) in [5.74, 6) is 25.8. The molecule has 2 rings (SSSR count). The van der Waals surface area contributed by atoms with Crippen LogP contribution in [0.5, 0.6) is 0 Å². The summed E-state index contributed by atoms with van der Waals surface area (Å²) in [5.41, 5.74) is 11.1. The Balaban J connectivity index is 3.07. The first-order chi connectivity index (χ1) is 16.4. The molecule has 1 aromatic heterocycles. The standard InChI is InChI=1S/C35H39N/c1-32(2,3)26-16-13-14-17-27(33(4,5)6)25-29(35(10,11)12)21-23-31-19-15-18-30(36-31)22-20-28(24-26)34(7,8)9/h15,18-19H,1-12H3. The number of allylic oxidation sites excluding steroid dienone is 2. The molecule has 0 saturated carbocycles. The zero-order chi connectivity index (χ0) is 27.4. The molecule has 0 aromatic carbocycles. The van der Waals surface area contributed by atoms with E-state index in [9.17, 15) is 0 Å². The van der Waals surface area contributed by atoms with Crippen molar-refractivity contribution >= 4 is 0 Å². The van der Waals surface area contributed by atoms with E-state index >= 15 is 0 Å². The molecule has 1 heteroatoms. The topological polar surface area (TPSA) is 12.9 Å². The van der Waals surface area contributed by atoms with Crippen LogP contribution in [0.1, 0.15) is 94.5 Å². The van der Waals surface area contributed by atoms with Gasteiger partial charge in [0, 0.05) is 21.7 Å². The second kappa shape index (κ2) is 10.6. The molecule has 0 spiro atoms. The molecular formula is C35H39N. The van der Waals surface area contributed by atoms with Crippen LogP contribution < -0.4 is 0 Å². The van der Waals surface area contributed by atoms with E-state index in [1.165, 1.54) is 0 Å². The molecule has 2 bridgehead atoms. The largest absolute Gasteiger partial charge is 0.231 e. The van der Waals surface area contributed by atoms with E-state index in [2.05, 4.69) is 142 Å². The third-order valence-corrected chi connectivity index (χ3v) is 5.32. The van der Waals surface area contributed by atoms with Crippen molar-refractivity contribution in [2.75, 3.05) is 0 Å². The molecule has 0 radical (unpaired) electrons. The molecule has 1 nitrogen and oxygen atoms in total. The van der Waals surface area contributed by atoms with Crippen LogP contribution in [0.3, 0.4) is 0 Å². The molecule has 1 aliphatic rings. The summed E-state index contributed by atoms with van der Waals surface area (Å²) >= 11 is 0. The van der Waals surface area contributed by atoms with Crippen molar-refractivity contribution < 1.29 is 0 Å². The minimum Gasteiger partial charge on any atom is -0.231 e. The van der Waals surface area contributed by atoms with Gasteiger partial charge in [-0.05, 0) is 47.7 Å². The van der Waals surface area contributed by atoms with Crippen LogP contribution in [0.4, 0.5) is 0 Å². The normalized spacial score (nSPS) is 14.4. The van der Waals surface area contributed by atoms with Gasteiger partial charge in [-0.3, -0.25) is 0 Å². The van der Waals surface area contributed by atoms with Crippen LogP contribution >= 0.6 is 0 Å². The van der Waals surface area contributed by atoms with Crippen LogP contribution in [0.15, 0.2) is 52.0 Å². The lowest BCUT2D eigenvalue weighted by Gasteiger charge is -2.20. The second-order valence-electron chi connectivity index (χ2n) is 13.2. The van der Waals surface area contributed by atoms with Crippen molar-refractivity contribution in [1.82, 2.24) is 4.98 Å². The highest BCUT2D eigenvalue weighted by molar-refractivity contribution is 5.49. The fraction of sp³-hybridized carbons (Fsp3) is 0.457. The van der Waals surface area contributed by atoms with Gasteiger partial charge in [-0.15, -0.1) is 0 Å². The number of aromatic nitrogens is 1. The highest BCUT2D eigenvalue weighted by Crippen LogP contribution is 2.30. The number of pyridine rings is 1. The predicted octanol–water partition coefficient (Wildman–Crippen LogP) is 7.89. The van der Waals surface area contributed by atoms with Crippen LogP contribution in [0, 0.1) is 69.0 Å². The fourth-order valence-electron chi connectivity index (χ4n) is 2.89. The van der Waals surface area contributed by atoms with Gasteiger partial charge in [0.25, 0.3) is 0 Å². The van der Waals surface area contributed by atoms with E-state index in [0.29, 0.717) is 11.4 Å². The van der Waals surface area contributed by atoms with Gasteiger partial charge in [-0.1, -0.05) is 112 Å². The number of rotatable bonds is 0. The van der Waals surface area contributed by atoms with Crippen LogP contribution in [0.25, 0.3) is 0 Å². The zero-order valence-corrected chi connectivity index (χ0v) is 24.2. The Hall–Kier alpha value is -3.57. The highest BCUT2D eigenvalue weighted by atomic mass is 14.7. The van der Waals surface area contributed by atoms with Gasteiger partial charge >= 0.3 is 0 Å². The summed E-state index contributed by atoms with van der Waals surface area (Å²) in [5, 5.41) is 0. The maximum absolute atomic E-state index is 4.69. The highest BCUT2D eigenvalue weighted by Gasteiger charge is 2.21. The lowest BCUT2D eigenvalue weighted by Crippen LogP contribution is -2.11. The molecule has 36 heavy (non-hydrogen) atoms. The lowest BCUT2D eigenvalue weighted by atomic mass is 9.82. The zero-order valence-electron chi connectivity index (χ0n) is 24.2. The number of hydrogen-bond acceptors (Lipinski definition) is 1. The predicted molar refractivity (Wildman–Crippen MR) is 152 cm³/mol. The average Bonchev–Trinajstić information content (AvgIpc) is 2.70. The van der Waals surface area contributed by atoms with E-state index in [0.717, 1.165) is 22.3 Å². The van der Waals surface area contributed by atoms with E-state index in [1.54, 1.807) is 0 Å². The van der Waals surface area contributed by atoms with Crippen LogP contribution in [-0.2, 0) is 0 Å². The molecule has 0 aliphatic carbocycles. The first-order valence-corrected chi connectivity index (χ1v) is 12.4. The first kappa shape index (κ1) is 28.7. The minimum atomic E-state index is -0.205. The van der Waals surface area contributed by atoms with E-state index in [-0.39, 0.29) is 21.7 Å². The lowest BCUT2D eigenvalue weighted by molar-refractivity contribution is 0.508. The molecule has 0 amide bonds. The van der Waals surface area contributed by atoms with Crippen molar-refractivity contribution in [2.45, 2.75) is 83.1 Å². The Morgan fingerprint density at radius 2 is 0.750 bits per heavy atom. The Morgan fingerprint density at radius 3 is 1.06 bits per heavy atom. The van der Waals surface area contributed by atoms with Gasteiger partial charge < -0.3 is 0 Å². The summed E-state index contributed by atoms with van der Waals surface area (Å²) in [6.07, 6.45) is 0. The van der Waals surface area contributed by atoms with Gasteiger partial charge in [0.05, 0.1) is 22.3 Å². The summed E-state index contributed by atoms with van der Waals surface area (Å²) < 4.78 is 0. The Bertz CT molecular complexity index is 1310. The maximum Gasteiger partial charge on any atom is 0.115 e. The third kappa shape index (κ3) is 8.58. The smallest absolute Gasteiger partial charge is 0.115 e. The first-order valence-electron chi connectivity index (χ1n) is 12.4. The van der Waals surface area contributed by atoms with Gasteiger partial charge in [0.1, 0.15) is 11.4 Å². The summed E-state index contributed by atoms with van der Waals surface area (Å²) in [6, 6.07) is 5.76. The second-order valence-corrected chi connectivity index (χ2v) is 13.2. The number of hydrogen-bond donors (Lipinski definition) is 0. The summed E-state index contributed by atoms with van der Waals surface area (Å²) in [7, 11) is 0. The van der Waals surface area contributed by atoms with Gasteiger partial charge in [0.2, 0.25) is 0 Å². The maximum atomic E-state index is 4.69. The Morgan fingerprint density at radius 1 is 0.444 bits per heavy atom. The molecule has 0 atom stereocenters. The molecule has 1 aromatic rings. The van der Waals surface area contributed by atoms with Crippen molar-refractivity contribution in [3.05, 3.63) is 63.3 Å². The number of nitrogens with zero attached hydrogens (tertiary/aromatic N) is 1. The number of fused-ring (bicyclic) bond motifs is 2. The quantitative estimate of drug-likeness (QED) is 0.276. The molecule has 0 fully saturated rings. The van der Waals surface area contributed by atoms with E-state index in [1.807, 2.05) is 18.2 Å². The van der Waals surface area contributed by atoms with Crippen molar-refractivity contribution in [1.29, 1.82) is 0 Å². The van der Waals surface area contributed by atoms with Gasteiger partial charge in [-0.2, -0.15) is 0 Å². The molecule has 0 N–H and O–H groups in total. The Labute approximate surface area is 220 Å². The molecular weight excluding hydrogens is 434 g/mol. The van der Waals surface area contributed by atoms with Gasteiger partial charge in [-0.25, -0.2) is 4.98 Å². The van der Waals surface area contributed by atoms with Crippen molar-refractivity contribution in [3.8, 4) is 47.4 Å². The Kier molecular flexibility index (Phi) is 8.43. The molecule has 0 unspecified atom stereocenters. The molecule has 184 valence electrons. The van der Waals surface area contributed by atoms with Crippen molar-refractivity contribution in [2.24, 2.45) is 21.7 Å². The molecule has 2 heterocycles.